The molecule has 0 bridgehead atoms. The lowest BCUT2D eigenvalue weighted by Gasteiger charge is -2.10. The van der Waals surface area contributed by atoms with Gasteiger partial charge in [-0.25, -0.2) is 9.59 Å². The fourth-order valence-corrected chi connectivity index (χ4v) is 2.11. The monoisotopic (exact) mass is 341 g/mol. The molecule has 0 aliphatic carbocycles. The van der Waals surface area contributed by atoms with Gasteiger partial charge >= 0.3 is 12.1 Å². The lowest BCUT2D eigenvalue weighted by Crippen LogP contribution is -2.19. The lowest BCUT2D eigenvalue weighted by molar-refractivity contribution is 0.0695. The lowest BCUT2D eigenvalue weighted by atomic mass is 10.1. The molecule has 0 saturated heterocycles. The zero-order valence-corrected chi connectivity index (χ0v) is 12.4. The molecule has 0 aliphatic heterocycles. The van der Waals surface area contributed by atoms with Crippen molar-refractivity contribution in [2.45, 2.75) is 0 Å². The van der Waals surface area contributed by atoms with Crippen molar-refractivity contribution in [3.63, 3.8) is 0 Å². The highest BCUT2D eigenvalue weighted by molar-refractivity contribution is 6.35. The smallest absolute Gasteiger partial charge is 0.417 e. The number of nitrogens with one attached hydrogen (secondary N) is 1. The highest BCUT2D eigenvalue weighted by Crippen LogP contribution is 2.29. The Morgan fingerprint density at radius 2 is 1.86 bits per heavy atom. The molecule has 6 nitrogen and oxygen atoms in total. The first kappa shape index (κ1) is 15.9. The topological polar surface area (TPSA) is 95.9 Å². The summed E-state index contributed by atoms with van der Waals surface area (Å²) in [6.45, 7) is 0. The summed E-state index contributed by atoms with van der Waals surface area (Å²) in [5.41, 5.74) is -0.552. The number of carbonyl (C=O) groups excluding carboxylic acids is 1. The van der Waals surface area contributed by atoms with Crippen molar-refractivity contribution in [2.24, 2.45) is 0 Å². The second-order valence-electron chi connectivity index (χ2n) is 4.09. The van der Waals surface area contributed by atoms with Crippen molar-refractivity contribution in [1.82, 2.24) is 0 Å². The van der Waals surface area contributed by atoms with E-state index < -0.39 is 23.4 Å². The molecule has 114 valence electrons. The summed E-state index contributed by atoms with van der Waals surface area (Å²) in [4.78, 5) is 22.9. The van der Waals surface area contributed by atoms with Gasteiger partial charge in [0.25, 0.3) is 0 Å². The molecule has 0 spiro atoms. The first-order chi connectivity index (χ1) is 10.4. The Morgan fingerprint density at radius 1 is 1.14 bits per heavy atom. The van der Waals surface area contributed by atoms with Gasteiger partial charge in [-0.15, -0.1) is 0 Å². The molecule has 0 saturated carbocycles. The van der Waals surface area contributed by atoms with Gasteiger partial charge in [-0.05, 0) is 30.3 Å². The van der Waals surface area contributed by atoms with Crippen LogP contribution in [0.2, 0.25) is 10.0 Å². The summed E-state index contributed by atoms with van der Waals surface area (Å²) in [5, 5.41) is 21.3. The molecular weight excluding hydrogens is 333 g/mol. The van der Waals surface area contributed by atoms with Gasteiger partial charge in [0.15, 0.2) is 5.75 Å². The minimum absolute atomic E-state index is 0.0561. The third kappa shape index (κ3) is 3.60. The van der Waals surface area contributed by atoms with E-state index in [2.05, 4.69) is 5.32 Å². The molecule has 0 unspecified atom stereocenters. The summed E-state index contributed by atoms with van der Waals surface area (Å²) in [7, 11) is 0. The van der Waals surface area contributed by atoms with Gasteiger partial charge in [0, 0.05) is 5.02 Å². The molecule has 2 aromatic rings. The second kappa shape index (κ2) is 6.55. The van der Waals surface area contributed by atoms with Crippen LogP contribution in [0.5, 0.6) is 11.5 Å². The van der Waals surface area contributed by atoms with Crippen molar-refractivity contribution >= 4 is 41.0 Å². The maximum atomic E-state index is 11.8. The normalized spacial score (nSPS) is 10.1. The molecular formula is C14H9Cl2NO5. The van der Waals surface area contributed by atoms with E-state index in [1.54, 1.807) is 0 Å². The SMILES string of the molecule is O=C(Nc1cccc(O)c1C(=O)O)Oc1ccc(Cl)cc1Cl. The number of benzene rings is 2. The minimum Gasteiger partial charge on any atom is -0.507 e. The van der Waals surface area contributed by atoms with Crippen molar-refractivity contribution in [1.29, 1.82) is 0 Å². The van der Waals surface area contributed by atoms with Crippen LogP contribution < -0.4 is 10.1 Å². The minimum atomic E-state index is -1.39. The molecule has 0 aliphatic rings. The Balaban J connectivity index is 2.19. The number of aromatic hydroxyl groups is 1. The molecule has 1 amide bonds. The molecule has 0 radical (unpaired) electrons. The van der Waals surface area contributed by atoms with E-state index in [9.17, 15) is 14.7 Å². The van der Waals surface area contributed by atoms with E-state index in [-0.39, 0.29) is 16.5 Å². The first-order valence-corrected chi connectivity index (χ1v) is 6.63. The van der Waals surface area contributed by atoms with Gasteiger partial charge in [-0.1, -0.05) is 29.3 Å². The van der Waals surface area contributed by atoms with Gasteiger partial charge in [-0.3, -0.25) is 5.32 Å². The number of rotatable bonds is 3. The predicted molar refractivity (Wildman–Crippen MR) is 81.2 cm³/mol. The van der Waals surface area contributed by atoms with Crippen molar-refractivity contribution in [3.05, 3.63) is 52.0 Å². The number of aromatic carboxylic acids is 1. The van der Waals surface area contributed by atoms with Crippen LogP contribution in [0, 0.1) is 0 Å². The van der Waals surface area contributed by atoms with Crippen LogP contribution in [-0.2, 0) is 0 Å². The Bertz CT molecular complexity index is 748. The van der Waals surface area contributed by atoms with Crippen molar-refractivity contribution < 1.29 is 24.5 Å². The number of ether oxygens (including phenoxy) is 1. The standard InChI is InChI=1S/C14H9Cl2NO5/c15-7-4-5-11(8(16)6-7)22-14(21)17-9-2-1-3-10(18)12(9)13(19)20/h1-6,18H,(H,17,21)(H,19,20). The number of hydrogen-bond acceptors (Lipinski definition) is 4. The highest BCUT2D eigenvalue weighted by atomic mass is 35.5. The van der Waals surface area contributed by atoms with Gasteiger partial charge in [0.1, 0.15) is 11.3 Å². The van der Waals surface area contributed by atoms with Crippen molar-refractivity contribution in [2.75, 3.05) is 5.32 Å². The fourth-order valence-electron chi connectivity index (χ4n) is 1.66. The maximum absolute atomic E-state index is 11.8. The molecule has 0 aromatic heterocycles. The number of carbonyl (C=O) groups is 2. The first-order valence-electron chi connectivity index (χ1n) is 5.87. The van der Waals surface area contributed by atoms with Gasteiger partial charge in [0.05, 0.1) is 10.7 Å². The van der Waals surface area contributed by atoms with Crippen LogP contribution in [0.4, 0.5) is 10.5 Å². The quantitative estimate of drug-likeness (QED) is 0.783. The van der Waals surface area contributed by atoms with Crippen LogP contribution in [0.3, 0.4) is 0 Å². The molecule has 2 rings (SSSR count). The van der Waals surface area contributed by atoms with E-state index in [1.165, 1.54) is 36.4 Å². The van der Waals surface area contributed by atoms with E-state index >= 15 is 0 Å². The Hall–Kier alpha value is -2.44. The van der Waals surface area contributed by atoms with E-state index in [0.717, 1.165) is 0 Å². The Labute approximate surface area is 134 Å². The Morgan fingerprint density at radius 3 is 2.50 bits per heavy atom. The van der Waals surface area contributed by atoms with Crippen LogP contribution >= 0.6 is 23.2 Å². The summed E-state index contributed by atoms with van der Waals surface area (Å²) in [5.74, 6) is -1.81. The summed E-state index contributed by atoms with van der Waals surface area (Å²) in [6, 6.07) is 8.15. The van der Waals surface area contributed by atoms with Crippen LogP contribution in [0.25, 0.3) is 0 Å². The number of halogens is 2. The number of hydrogen-bond donors (Lipinski definition) is 3. The van der Waals surface area contributed by atoms with E-state index in [4.69, 9.17) is 33.0 Å². The third-order valence-electron chi connectivity index (χ3n) is 2.59. The molecule has 8 heteroatoms. The van der Waals surface area contributed by atoms with E-state index in [0.29, 0.717) is 5.02 Å². The molecule has 0 heterocycles. The number of carboxylic acid groups (broad SMARTS) is 1. The van der Waals surface area contributed by atoms with Crippen LogP contribution in [-0.4, -0.2) is 22.3 Å². The number of anilines is 1. The average molecular weight is 342 g/mol. The average Bonchev–Trinajstić information content (AvgIpc) is 2.41. The second-order valence-corrected chi connectivity index (χ2v) is 4.94. The Kier molecular flexibility index (Phi) is 4.75. The number of amides is 1. The van der Waals surface area contributed by atoms with Crippen LogP contribution in [0.15, 0.2) is 36.4 Å². The fraction of sp³-hybridized carbons (Fsp3) is 0. The predicted octanol–water partition coefficient (Wildman–Crippen LogP) is 4.01. The van der Waals surface area contributed by atoms with Gasteiger partial charge in [0.2, 0.25) is 0 Å². The number of phenols is 1. The zero-order chi connectivity index (χ0) is 16.3. The number of carboxylic acids is 1. The maximum Gasteiger partial charge on any atom is 0.417 e. The summed E-state index contributed by atoms with van der Waals surface area (Å²) < 4.78 is 4.96. The molecule has 3 N–H and O–H groups in total. The largest absolute Gasteiger partial charge is 0.507 e. The highest BCUT2D eigenvalue weighted by Gasteiger charge is 2.18. The van der Waals surface area contributed by atoms with Crippen LogP contribution in [0.1, 0.15) is 10.4 Å². The van der Waals surface area contributed by atoms with Gasteiger partial charge < -0.3 is 14.9 Å². The third-order valence-corrected chi connectivity index (χ3v) is 3.12. The summed E-state index contributed by atoms with van der Waals surface area (Å²) in [6.07, 6.45) is -0.961. The van der Waals surface area contributed by atoms with E-state index in [1.807, 2.05) is 0 Å². The molecule has 2 aromatic carbocycles. The van der Waals surface area contributed by atoms with Gasteiger partial charge in [-0.2, -0.15) is 0 Å². The molecule has 0 atom stereocenters. The molecule has 0 fully saturated rings. The molecule has 22 heavy (non-hydrogen) atoms. The van der Waals surface area contributed by atoms with Crippen molar-refractivity contribution in [3.8, 4) is 11.5 Å². The zero-order valence-electron chi connectivity index (χ0n) is 10.8. The summed E-state index contributed by atoms with van der Waals surface area (Å²) >= 11 is 11.6.